The lowest BCUT2D eigenvalue weighted by Gasteiger charge is -2.38. The van der Waals surface area contributed by atoms with E-state index in [4.69, 9.17) is 11.6 Å². The molecular formula is C12H13ClN2O2. The van der Waals surface area contributed by atoms with E-state index in [1.54, 1.807) is 6.08 Å². The van der Waals surface area contributed by atoms with Crippen LogP contribution in [-0.2, 0) is 9.59 Å². The number of rotatable bonds is 0. The normalized spacial score (nSPS) is 36.4. The molecule has 1 spiro atoms. The van der Waals surface area contributed by atoms with Crippen molar-refractivity contribution in [2.24, 2.45) is 5.92 Å². The van der Waals surface area contributed by atoms with Crippen molar-refractivity contribution in [1.29, 1.82) is 0 Å². The van der Waals surface area contributed by atoms with E-state index in [2.05, 4.69) is 10.6 Å². The van der Waals surface area contributed by atoms with Crippen molar-refractivity contribution < 1.29 is 9.59 Å². The third kappa shape index (κ3) is 1.47. The van der Waals surface area contributed by atoms with Gasteiger partial charge in [-0.05, 0) is 25.5 Å². The van der Waals surface area contributed by atoms with E-state index in [0.29, 0.717) is 12.1 Å². The second-order valence-electron chi connectivity index (χ2n) is 4.82. The van der Waals surface area contributed by atoms with Crippen molar-refractivity contribution in [1.82, 2.24) is 10.6 Å². The Morgan fingerprint density at radius 3 is 2.88 bits per heavy atom. The van der Waals surface area contributed by atoms with Gasteiger partial charge in [-0.15, -0.1) is 0 Å². The number of allylic oxidation sites excluding steroid dienone is 3. The molecule has 2 heterocycles. The number of amides is 1. The first-order valence-corrected chi connectivity index (χ1v) is 6.17. The van der Waals surface area contributed by atoms with Crippen molar-refractivity contribution in [2.75, 3.05) is 13.1 Å². The summed E-state index contributed by atoms with van der Waals surface area (Å²) in [5.41, 5.74) is 0.0928. The monoisotopic (exact) mass is 252 g/mol. The van der Waals surface area contributed by atoms with E-state index >= 15 is 0 Å². The number of ketones is 1. The third-order valence-electron chi connectivity index (χ3n) is 3.81. The lowest BCUT2D eigenvalue weighted by molar-refractivity contribution is -0.119. The number of piperidine rings is 1. The lowest BCUT2D eigenvalue weighted by atomic mass is 9.74. The van der Waals surface area contributed by atoms with Crippen LogP contribution in [-0.4, -0.2) is 30.3 Å². The molecule has 90 valence electrons. The fourth-order valence-corrected chi connectivity index (χ4v) is 3.20. The zero-order valence-electron chi connectivity index (χ0n) is 9.25. The first-order valence-electron chi connectivity index (χ1n) is 5.79. The van der Waals surface area contributed by atoms with E-state index in [9.17, 15) is 9.59 Å². The smallest absolute Gasteiger partial charge is 0.248 e. The summed E-state index contributed by atoms with van der Waals surface area (Å²) in [5.74, 6) is -0.681. The Hall–Kier alpha value is -1.13. The summed E-state index contributed by atoms with van der Waals surface area (Å²) in [6, 6.07) is 0. The van der Waals surface area contributed by atoms with Crippen molar-refractivity contribution in [2.45, 2.75) is 18.4 Å². The van der Waals surface area contributed by atoms with Gasteiger partial charge in [-0.25, -0.2) is 0 Å². The number of nitrogens with one attached hydrogen (secondary N) is 2. The minimum absolute atomic E-state index is 0.132. The minimum atomic E-state index is -0.466. The molecular weight excluding hydrogens is 240 g/mol. The van der Waals surface area contributed by atoms with Crippen LogP contribution in [0.4, 0.5) is 0 Å². The highest BCUT2D eigenvalue weighted by atomic mass is 35.5. The minimum Gasteiger partial charge on any atom is -0.344 e. The zero-order valence-corrected chi connectivity index (χ0v) is 10.0. The molecule has 2 fully saturated rings. The van der Waals surface area contributed by atoms with E-state index in [0.717, 1.165) is 19.4 Å². The maximum atomic E-state index is 12.2. The maximum Gasteiger partial charge on any atom is 0.248 e. The number of carbonyl (C=O) groups excluding carboxylic acids is 2. The summed E-state index contributed by atoms with van der Waals surface area (Å²) in [5, 5.41) is 6.45. The van der Waals surface area contributed by atoms with Crippen LogP contribution in [0, 0.1) is 5.92 Å². The standard InChI is InChI=1S/C12H13ClN2O2/c13-8-3-2-7-9(10(8)16)12(15-11(7)17)4-1-5-14-6-12/h2-3,9,14H,1,4-6H2,(H,15,17). The van der Waals surface area contributed by atoms with Gasteiger partial charge in [0.2, 0.25) is 5.91 Å². The fourth-order valence-electron chi connectivity index (χ4n) is 3.03. The second kappa shape index (κ2) is 3.68. The average Bonchev–Trinajstić information content (AvgIpc) is 2.58. The summed E-state index contributed by atoms with van der Waals surface area (Å²) >= 11 is 5.89. The van der Waals surface area contributed by atoms with Gasteiger partial charge in [0.1, 0.15) is 0 Å². The predicted molar refractivity (Wildman–Crippen MR) is 63.5 cm³/mol. The number of halogens is 1. The van der Waals surface area contributed by atoms with E-state index in [1.807, 2.05) is 0 Å². The number of hydrogen-bond acceptors (Lipinski definition) is 3. The van der Waals surface area contributed by atoms with Crippen LogP contribution in [0.15, 0.2) is 22.8 Å². The molecule has 3 rings (SSSR count). The number of fused-ring (bicyclic) bond motifs is 2. The van der Waals surface area contributed by atoms with E-state index in [1.165, 1.54) is 6.08 Å². The molecule has 0 aromatic rings. The lowest BCUT2D eigenvalue weighted by Crippen LogP contribution is -2.58. The van der Waals surface area contributed by atoms with Crippen LogP contribution < -0.4 is 10.6 Å². The van der Waals surface area contributed by atoms with Crippen LogP contribution in [0.25, 0.3) is 0 Å². The summed E-state index contributed by atoms with van der Waals surface area (Å²) < 4.78 is 0. The molecule has 4 nitrogen and oxygen atoms in total. The Balaban J connectivity index is 2.05. The zero-order chi connectivity index (χ0) is 12.0. The van der Waals surface area contributed by atoms with Crippen molar-refractivity contribution in [3.05, 3.63) is 22.8 Å². The number of hydrogen-bond donors (Lipinski definition) is 2. The van der Waals surface area contributed by atoms with Crippen LogP contribution in [0.3, 0.4) is 0 Å². The Bertz CT molecular complexity index is 461. The first-order chi connectivity index (χ1) is 8.14. The molecule has 0 saturated carbocycles. The molecule has 17 heavy (non-hydrogen) atoms. The molecule has 0 aromatic carbocycles. The van der Waals surface area contributed by atoms with Gasteiger partial charge in [-0.1, -0.05) is 17.7 Å². The van der Waals surface area contributed by atoms with Gasteiger partial charge in [-0.3, -0.25) is 9.59 Å². The molecule has 3 aliphatic rings. The van der Waals surface area contributed by atoms with E-state index < -0.39 is 11.5 Å². The molecule has 2 saturated heterocycles. The first kappa shape index (κ1) is 11.0. The highest BCUT2D eigenvalue weighted by Gasteiger charge is 2.54. The van der Waals surface area contributed by atoms with Crippen LogP contribution in [0.2, 0.25) is 0 Å². The highest BCUT2D eigenvalue weighted by molar-refractivity contribution is 6.44. The summed E-state index contributed by atoms with van der Waals surface area (Å²) in [4.78, 5) is 24.1. The Labute approximate surface area is 104 Å². The average molecular weight is 253 g/mol. The van der Waals surface area contributed by atoms with Gasteiger partial charge in [0.05, 0.1) is 16.5 Å². The van der Waals surface area contributed by atoms with Gasteiger partial charge in [0.15, 0.2) is 5.78 Å². The molecule has 2 N–H and O–H groups in total. The fraction of sp³-hybridized carbons (Fsp3) is 0.500. The molecule has 2 atom stereocenters. The maximum absolute atomic E-state index is 12.2. The molecule has 1 amide bonds. The van der Waals surface area contributed by atoms with Crippen molar-refractivity contribution in [3.63, 3.8) is 0 Å². The van der Waals surface area contributed by atoms with E-state index in [-0.39, 0.29) is 16.7 Å². The summed E-state index contributed by atoms with van der Waals surface area (Å²) in [6.07, 6.45) is 4.97. The molecule has 2 unspecified atom stereocenters. The highest BCUT2D eigenvalue weighted by Crippen LogP contribution is 2.41. The Morgan fingerprint density at radius 1 is 1.35 bits per heavy atom. The molecule has 5 heteroatoms. The Morgan fingerprint density at radius 2 is 2.18 bits per heavy atom. The van der Waals surface area contributed by atoms with Crippen molar-refractivity contribution in [3.8, 4) is 0 Å². The van der Waals surface area contributed by atoms with Gasteiger partial charge in [-0.2, -0.15) is 0 Å². The molecule has 2 aliphatic heterocycles. The summed E-state index contributed by atoms with van der Waals surface area (Å²) in [6.45, 7) is 1.57. The largest absolute Gasteiger partial charge is 0.344 e. The molecule has 0 radical (unpaired) electrons. The van der Waals surface area contributed by atoms with Gasteiger partial charge in [0, 0.05) is 12.1 Å². The van der Waals surface area contributed by atoms with Gasteiger partial charge < -0.3 is 10.6 Å². The Kier molecular flexibility index (Phi) is 2.38. The molecule has 0 bridgehead atoms. The van der Waals surface area contributed by atoms with Gasteiger partial charge in [0.25, 0.3) is 0 Å². The predicted octanol–water partition coefficient (Wildman–Crippen LogP) is 0.486. The van der Waals surface area contributed by atoms with Crippen LogP contribution in [0.5, 0.6) is 0 Å². The molecule has 0 aromatic heterocycles. The summed E-state index contributed by atoms with van der Waals surface area (Å²) in [7, 11) is 0. The van der Waals surface area contributed by atoms with Crippen LogP contribution >= 0.6 is 11.6 Å². The molecule has 1 aliphatic carbocycles. The number of Topliss-reactive ketones (excluding diaryl/α,β-unsaturated/α-hetero) is 1. The van der Waals surface area contributed by atoms with Crippen LogP contribution in [0.1, 0.15) is 12.8 Å². The SMILES string of the molecule is O=C1NC2(CCCNC2)C2C(=O)C(Cl)=CC=C12. The topological polar surface area (TPSA) is 58.2 Å². The quantitative estimate of drug-likeness (QED) is 0.660. The van der Waals surface area contributed by atoms with Gasteiger partial charge >= 0.3 is 0 Å². The van der Waals surface area contributed by atoms with Crippen molar-refractivity contribution >= 4 is 23.3 Å². The number of carbonyl (C=O) groups is 2. The second-order valence-corrected chi connectivity index (χ2v) is 5.23. The third-order valence-corrected chi connectivity index (χ3v) is 4.12.